The summed E-state index contributed by atoms with van der Waals surface area (Å²) in [5.41, 5.74) is 9.03. The Morgan fingerprint density at radius 1 is 0.905 bits per heavy atom. The van der Waals surface area contributed by atoms with Crippen molar-refractivity contribution in [2.75, 3.05) is 0 Å². The van der Waals surface area contributed by atoms with Crippen LogP contribution >= 0.6 is 0 Å². The molecule has 3 rings (SSSR count). The molecule has 0 aliphatic carbocycles. The first kappa shape index (κ1) is 13.9. The zero-order valence-electron chi connectivity index (χ0n) is 13.5. The van der Waals surface area contributed by atoms with E-state index in [2.05, 4.69) is 69.5 Å². The van der Waals surface area contributed by atoms with Crippen molar-refractivity contribution in [3.8, 4) is 0 Å². The molecule has 0 aliphatic heterocycles. The van der Waals surface area contributed by atoms with Crippen LogP contribution in [-0.4, -0.2) is 9.55 Å². The number of rotatable bonds is 2. The van der Waals surface area contributed by atoms with Gasteiger partial charge in [-0.1, -0.05) is 23.8 Å². The number of imidazole rings is 1. The Morgan fingerprint density at radius 3 is 2.43 bits per heavy atom. The molecule has 2 aromatic carbocycles. The molecule has 0 bridgehead atoms. The lowest BCUT2D eigenvalue weighted by atomic mass is 10.00. The lowest BCUT2D eigenvalue weighted by Crippen LogP contribution is -2.05. The zero-order valence-corrected chi connectivity index (χ0v) is 13.5. The molecule has 0 saturated heterocycles. The Labute approximate surface area is 126 Å². The smallest absolute Gasteiger partial charge is 0.107 e. The van der Waals surface area contributed by atoms with Gasteiger partial charge in [-0.2, -0.15) is 0 Å². The van der Waals surface area contributed by atoms with Gasteiger partial charge in [-0.3, -0.25) is 0 Å². The van der Waals surface area contributed by atoms with Crippen molar-refractivity contribution in [1.82, 2.24) is 9.55 Å². The molecule has 2 heteroatoms. The van der Waals surface area contributed by atoms with Gasteiger partial charge in [0.05, 0.1) is 11.0 Å². The fraction of sp³-hybridized carbons (Fsp3) is 0.316. The SMILES string of the molecule is Cc1cc(C)c(C)c(Cn2c(C)nc3cc(C)ccc32)c1. The Kier molecular flexibility index (Phi) is 3.32. The quantitative estimate of drug-likeness (QED) is 0.668. The molecular weight excluding hydrogens is 256 g/mol. The van der Waals surface area contributed by atoms with Crippen LogP contribution in [0.2, 0.25) is 0 Å². The monoisotopic (exact) mass is 278 g/mol. The minimum atomic E-state index is 0.889. The van der Waals surface area contributed by atoms with Gasteiger partial charge in [-0.05, 0) is 69.0 Å². The molecule has 1 aromatic heterocycles. The molecule has 0 N–H and O–H groups in total. The molecule has 0 unspecified atom stereocenters. The fourth-order valence-electron chi connectivity index (χ4n) is 3.02. The van der Waals surface area contributed by atoms with Crippen LogP contribution in [0.15, 0.2) is 30.3 Å². The van der Waals surface area contributed by atoms with Gasteiger partial charge < -0.3 is 4.57 Å². The average Bonchev–Trinajstić information content (AvgIpc) is 2.71. The van der Waals surface area contributed by atoms with Gasteiger partial charge in [0.25, 0.3) is 0 Å². The highest BCUT2D eigenvalue weighted by Gasteiger charge is 2.10. The van der Waals surface area contributed by atoms with E-state index in [4.69, 9.17) is 4.98 Å². The molecule has 0 amide bonds. The minimum Gasteiger partial charge on any atom is -0.324 e. The number of aromatic nitrogens is 2. The fourth-order valence-corrected chi connectivity index (χ4v) is 3.02. The number of hydrogen-bond acceptors (Lipinski definition) is 1. The highest BCUT2D eigenvalue weighted by atomic mass is 15.1. The second kappa shape index (κ2) is 5.03. The van der Waals surface area contributed by atoms with E-state index in [1.807, 2.05) is 0 Å². The van der Waals surface area contributed by atoms with E-state index in [1.54, 1.807) is 0 Å². The summed E-state index contributed by atoms with van der Waals surface area (Å²) in [6, 6.07) is 11.0. The predicted octanol–water partition coefficient (Wildman–Crippen LogP) is 4.63. The summed E-state index contributed by atoms with van der Waals surface area (Å²) in [7, 11) is 0. The molecule has 0 fully saturated rings. The van der Waals surface area contributed by atoms with Gasteiger partial charge >= 0.3 is 0 Å². The van der Waals surface area contributed by atoms with Crippen LogP contribution in [0.3, 0.4) is 0 Å². The third kappa shape index (κ3) is 2.46. The lowest BCUT2D eigenvalue weighted by molar-refractivity contribution is 0.779. The van der Waals surface area contributed by atoms with Gasteiger partial charge in [0.1, 0.15) is 5.82 Å². The summed E-state index contributed by atoms with van der Waals surface area (Å²) >= 11 is 0. The number of benzene rings is 2. The van der Waals surface area contributed by atoms with Crippen molar-refractivity contribution in [2.45, 2.75) is 41.2 Å². The molecule has 21 heavy (non-hydrogen) atoms. The largest absolute Gasteiger partial charge is 0.324 e. The Morgan fingerprint density at radius 2 is 1.67 bits per heavy atom. The van der Waals surface area contributed by atoms with Crippen LogP contribution < -0.4 is 0 Å². The number of nitrogens with zero attached hydrogens (tertiary/aromatic N) is 2. The summed E-state index contributed by atoms with van der Waals surface area (Å²) in [6.07, 6.45) is 0. The van der Waals surface area contributed by atoms with Crippen molar-refractivity contribution < 1.29 is 0 Å². The predicted molar refractivity (Wildman–Crippen MR) is 89.0 cm³/mol. The van der Waals surface area contributed by atoms with E-state index in [-0.39, 0.29) is 0 Å². The molecule has 0 radical (unpaired) electrons. The van der Waals surface area contributed by atoms with Crippen molar-refractivity contribution in [2.24, 2.45) is 0 Å². The lowest BCUT2D eigenvalue weighted by Gasteiger charge is -2.13. The molecular formula is C19H22N2. The topological polar surface area (TPSA) is 17.8 Å². The zero-order chi connectivity index (χ0) is 15.1. The Bertz CT molecular complexity index is 825. The normalized spacial score (nSPS) is 11.3. The Balaban J connectivity index is 2.12. The average molecular weight is 278 g/mol. The number of aryl methyl sites for hydroxylation is 4. The third-order valence-corrected chi connectivity index (χ3v) is 4.34. The Hall–Kier alpha value is -2.09. The maximum absolute atomic E-state index is 4.71. The molecule has 2 nitrogen and oxygen atoms in total. The standard InChI is InChI=1S/C19H22N2/c1-12-6-7-19-18(10-12)20-16(5)21(19)11-17-9-13(2)8-14(3)15(17)4/h6-10H,11H2,1-5H3. The molecule has 0 atom stereocenters. The van der Waals surface area contributed by atoms with Crippen molar-refractivity contribution in [3.63, 3.8) is 0 Å². The first-order chi connectivity index (χ1) is 9.95. The van der Waals surface area contributed by atoms with E-state index in [9.17, 15) is 0 Å². The molecule has 108 valence electrons. The van der Waals surface area contributed by atoms with E-state index in [0.29, 0.717) is 0 Å². The second-order valence-corrected chi connectivity index (χ2v) is 6.10. The van der Waals surface area contributed by atoms with Crippen LogP contribution in [0.25, 0.3) is 11.0 Å². The van der Waals surface area contributed by atoms with E-state index in [1.165, 1.54) is 33.3 Å². The molecule has 3 aromatic rings. The summed E-state index contributed by atoms with van der Waals surface area (Å²) in [5.74, 6) is 1.08. The van der Waals surface area contributed by atoms with Gasteiger partial charge in [-0.25, -0.2) is 4.98 Å². The summed E-state index contributed by atoms with van der Waals surface area (Å²) in [4.78, 5) is 4.71. The maximum atomic E-state index is 4.71. The second-order valence-electron chi connectivity index (χ2n) is 6.10. The summed E-state index contributed by atoms with van der Waals surface area (Å²) < 4.78 is 2.32. The molecule has 1 heterocycles. The van der Waals surface area contributed by atoms with E-state index < -0.39 is 0 Å². The molecule has 0 aliphatic rings. The number of fused-ring (bicyclic) bond motifs is 1. The van der Waals surface area contributed by atoms with Crippen LogP contribution in [-0.2, 0) is 6.54 Å². The van der Waals surface area contributed by atoms with Crippen LogP contribution in [0.1, 0.15) is 33.6 Å². The van der Waals surface area contributed by atoms with Gasteiger partial charge in [-0.15, -0.1) is 0 Å². The molecule has 0 spiro atoms. The van der Waals surface area contributed by atoms with Crippen LogP contribution in [0, 0.1) is 34.6 Å². The van der Waals surface area contributed by atoms with E-state index >= 15 is 0 Å². The number of hydrogen-bond donors (Lipinski definition) is 0. The summed E-state index contributed by atoms with van der Waals surface area (Å²) in [5, 5.41) is 0. The first-order valence-electron chi connectivity index (χ1n) is 7.46. The van der Waals surface area contributed by atoms with Gasteiger partial charge in [0.15, 0.2) is 0 Å². The van der Waals surface area contributed by atoms with Gasteiger partial charge in [0, 0.05) is 6.54 Å². The van der Waals surface area contributed by atoms with E-state index in [0.717, 1.165) is 17.9 Å². The summed E-state index contributed by atoms with van der Waals surface area (Å²) in [6.45, 7) is 11.7. The highest BCUT2D eigenvalue weighted by Crippen LogP contribution is 2.22. The highest BCUT2D eigenvalue weighted by molar-refractivity contribution is 5.77. The minimum absolute atomic E-state index is 0.889. The van der Waals surface area contributed by atoms with Crippen molar-refractivity contribution >= 4 is 11.0 Å². The van der Waals surface area contributed by atoms with Crippen molar-refractivity contribution in [3.05, 3.63) is 64.0 Å². The van der Waals surface area contributed by atoms with Crippen LogP contribution in [0.4, 0.5) is 0 Å². The maximum Gasteiger partial charge on any atom is 0.107 e. The third-order valence-electron chi connectivity index (χ3n) is 4.34. The molecule has 0 saturated carbocycles. The first-order valence-corrected chi connectivity index (χ1v) is 7.46. The van der Waals surface area contributed by atoms with Gasteiger partial charge in [0.2, 0.25) is 0 Å². The van der Waals surface area contributed by atoms with Crippen LogP contribution in [0.5, 0.6) is 0 Å². The van der Waals surface area contributed by atoms with Crippen molar-refractivity contribution in [1.29, 1.82) is 0 Å².